The van der Waals surface area contributed by atoms with E-state index in [2.05, 4.69) is 33.0 Å². The lowest BCUT2D eigenvalue weighted by Crippen LogP contribution is -2.45. The Balaban J connectivity index is 1.43. The molecule has 28 heavy (non-hydrogen) atoms. The van der Waals surface area contributed by atoms with Crippen molar-refractivity contribution in [3.8, 4) is 0 Å². The summed E-state index contributed by atoms with van der Waals surface area (Å²) in [6, 6.07) is 11.3. The van der Waals surface area contributed by atoms with Crippen LogP contribution in [0.2, 0.25) is 0 Å². The molecule has 0 bridgehead atoms. The summed E-state index contributed by atoms with van der Waals surface area (Å²) < 4.78 is 13.6. The lowest BCUT2D eigenvalue weighted by atomic mass is 9.98. The Bertz CT molecular complexity index is 987. The Labute approximate surface area is 169 Å². The van der Waals surface area contributed by atoms with Crippen LogP contribution in [0.4, 0.5) is 14.9 Å². The molecule has 5 nitrogen and oxygen atoms in total. The third-order valence-corrected chi connectivity index (χ3v) is 6.52. The van der Waals surface area contributed by atoms with Gasteiger partial charge in [0, 0.05) is 16.3 Å². The van der Waals surface area contributed by atoms with E-state index in [0.717, 1.165) is 13.0 Å². The molecule has 1 aromatic carbocycles. The molecule has 0 saturated heterocycles. The SMILES string of the molecule is O=C(CN1CCc2sccc2[C@@H]1c1cccs1)NC(=O)Nc1ccccc1F. The smallest absolute Gasteiger partial charge is 0.305 e. The van der Waals surface area contributed by atoms with Gasteiger partial charge in [0.15, 0.2) is 0 Å². The fourth-order valence-electron chi connectivity index (χ4n) is 3.39. The largest absolute Gasteiger partial charge is 0.326 e. The molecule has 0 aliphatic carbocycles. The molecule has 8 heteroatoms. The summed E-state index contributed by atoms with van der Waals surface area (Å²) >= 11 is 3.39. The number of amides is 3. The van der Waals surface area contributed by atoms with Crippen molar-refractivity contribution < 1.29 is 14.0 Å². The van der Waals surface area contributed by atoms with E-state index in [-0.39, 0.29) is 18.3 Å². The van der Waals surface area contributed by atoms with Gasteiger partial charge in [0.2, 0.25) is 5.91 Å². The Hall–Kier alpha value is -2.55. The van der Waals surface area contributed by atoms with Gasteiger partial charge in [-0.15, -0.1) is 22.7 Å². The zero-order valence-electron chi connectivity index (χ0n) is 14.9. The maximum Gasteiger partial charge on any atom is 0.326 e. The van der Waals surface area contributed by atoms with E-state index in [1.807, 2.05) is 11.4 Å². The summed E-state index contributed by atoms with van der Waals surface area (Å²) in [4.78, 5) is 29.1. The quantitative estimate of drug-likeness (QED) is 0.670. The number of benzene rings is 1. The fraction of sp³-hybridized carbons (Fsp3) is 0.200. The average Bonchev–Trinajstić information content (AvgIpc) is 3.35. The Morgan fingerprint density at radius 2 is 1.96 bits per heavy atom. The van der Waals surface area contributed by atoms with Crippen LogP contribution in [0.1, 0.15) is 21.4 Å². The van der Waals surface area contributed by atoms with E-state index in [4.69, 9.17) is 0 Å². The van der Waals surface area contributed by atoms with Gasteiger partial charge in [-0.3, -0.25) is 15.0 Å². The van der Waals surface area contributed by atoms with Crippen molar-refractivity contribution in [2.45, 2.75) is 12.5 Å². The van der Waals surface area contributed by atoms with Crippen LogP contribution in [0.5, 0.6) is 0 Å². The first-order chi connectivity index (χ1) is 13.6. The van der Waals surface area contributed by atoms with Crippen LogP contribution < -0.4 is 10.6 Å². The topological polar surface area (TPSA) is 61.4 Å². The molecular formula is C20H18FN3O2S2. The maximum absolute atomic E-state index is 13.6. The van der Waals surface area contributed by atoms with Gasteiger partial charge in [0.25, 0.3) is 0 Å². The molecule has 3 heterocycles. The minimum Gasteiger partial charge on any atom is -0.305 e. The number of hydrogen-bond acceptors (Lipinski definition) is 5. The molecule has 0 spiro atoms. The number of imide groups is 1. The standard InChI is InChI=1S/C20H18FN3O2S2/c21-14-4-1-2-5-15(14)22-20(26)23-18(25)12-24-9-7-16-13(8-11-28-16)19(24)17-6-3-10-27-17/h1-6,8,10-11,19H,7,9,12H2,(H2,22,23,25,26)/t19-/m1/s1. The van der Waals surface area contributed by atoms with Crippen molar-refractivity contribution in [3.63, 3.8) is 0 Å². The number of para-hydroxylation sites is 1. The minimum atomic E-state index is -0.740. The Kier molecular flexibility index (Phi) is 5.52. The predicted octanol–water partition coefficient (Wildman–Crippen LogP) is 4.24. The van der Waals surface area contributed by atoms with E-state index in [0.29, 0.717) is 0 Å². The van der Waals surface area contributed by atoms with Gasteiger partial charge in [-0.25, -0.2) is 9.18 Å². The Morgan fingerprint density at radius 3 is 2.75 bits per heavy atom. The molecule has 2 aromatic heterocycles. The molecule has 1 atom stereocenters. The van der Waals surface area contributed by atoms with Crippen LogP contribution in [-0.4, -0.2) is 29.9 Å². The van der Waals surface area contributed by atoms with E-state index in [1.165, 1.54) is 33.5 Å². The number of nitrogens with zero attached hydrogens (tertiary/aromatic N) is 1. The zero-order valence-corrected chi connectivity index (χ0v) is 16.5. The summed E-state index contributed by atoms with van der Waals surface area (Å²) in [5, 5.41) is 8.77. The molecule has 4 rings (SSSR count). The molecule has 0 saturated carbocycles. The molecule has 3 aromatic rings. The van der Waals surface area contributed by atoms with E-state index in [9.17, 15) is 14.0 Å². The van der Waals surface area contributed by atoms with Crippen LogP contribution >= 0.6 is 22.7 Å². The van der Waals surface area contributed by atoms with Gasteiger partial charge >= 0.3 is 6.03 Å². The molecule has 3 amide bonds. The lowest BCUT2D eigenvalue weighted by molar-refractivity contribution is -0.121. The number of rotatable bonds is 4. The lowest BCUT2D eigenvalue weighted by Gasteiger charge is -2.34. The number of thiophene rings is 2. The van der Waals surface area contributed by atoms with Crippen LogP contribution in [0.3, 0.4) is 0 Å². The van der Waals surface area contributed by atoms with Crippen molar-refractivity contribution in [1.82, 2.24) is 10.2 Å². The molecule has 2 N–H and O–H groups in total. The fourth-order valence-corrected chi connectivity index (χ4v) is 5.17. The summed E-state index contributed by atoms with van der Waals surface area (Å²) in [6.45, 7) is 0.820. The monoisotopic (exact) mass is 415 g/mol. The van der Waals surface area contributed by atoms with Gasteiger partial charge < -0.3 is 5.32 Å². The average molecular weight is 416 g/mol. The summed E-state index contributed by atoms with van der Waals surface area (Å²) in [5.41, 5.74) is 1.26. The summed E-state index contributed by atoms with van der Waals surface area (Å²) in [6.07, 6.45) is 0.879. The highest BCUT2D eigenvalue weighted by Crippen LogP contribution is 2.39. The molecule has 0 fully saturated rings. The molecule has 0 unspecified atom stereocenters. The number of hydrogen-bond donors (Lipinski definition) is 2. The van der Waals surface area contributed by atoms with Gasteiger partial charge in [0.1, 0.15) is 5.82 Å². The van der Waals surface area contributed by atoms with Crippen molar-refractivity contribution in [1.29, 1.82) is 0 Å². The van der Waals surface area contributed by atoms with Crippen LogP contribution in [0.15, 0.2) is 53.2 Å². The second-order valence-corrected chi connectivity index (χ2v) is 8.40. The van der Waals surface area contributed by atoms with Gasteiger partial charge in [-0.1, -0.05) is 18.2 Å². The predicted molar refractivity (Wildman–Crippen MR) is 109 cm³/mol. The Morgan fingerprint density at radius 1 is 1.11 bits per heavy atom. The van der Waals surface area contributed by atoms with Crippen molar-refractivity contribution in [2.24, 2.45) is 0 Å². The van der Waals surface area contributed by atoms with Crippen molar-refractivity contribution in [3.05, 3.63) is 74.4 Å². The molecule has 1 aliphatic rings. The summed E-state index contributed by atoms with van der Waals surface area (Å²) in [7, 11) is 0. The van der Waals surface area contributed by atoms with E-state index < -0.39 is 17.8 Å². The molecule has 1 aliphatic heterocycles. The first kappa shape index (κ1) is 18.8. The normalized spacial score (nSPS) is 16.4. The number of fused-ring (bicyclic) bond motifs is 1. The number of carbonyl (C=O) groups excluding carboxylic acids is 2. The van der Waals surface area contributed by atoms with Crippen LogP contribution in [0.25, 0.3) is 0 Å². The van der Waals surface area contributed by atoms with E-state index >= 15 is 0 Å². The summed E-state index contributed by atoms with van der Waals surface area (Å²) in [5.74, 6) is -0.974. The first-order valence-corrected chi connectivity index (χ1v) is 10.6. The molecular weight excluding hydrogens is 397 g/mol. The second-order valence-electron chi connectivity index (χ2n) is 6.42. The van der Waals surface area contributed by atoms with Crippen molar-refractivity contribution in [2.75, 3.05) is 18.4 Å². The highest BCUT2D eigenvalue weighted by molar-refractivity contribution is 7.10. The van der Waals surface area contributed by atoms with Gasteiger partial charge in [0.05, 0.1) is 18.3 Å². The zero-order chi connectivity index (χ0) is 19.5. The van der Waals surface area contributed by atoms with Gasteiger partial charge in [-0.2, -0.15) is 0 Å². The maximum atomic E-state index is 13.6. The van der Waals surface area contributed by atoms with Crippen molar-refractivity contribution >= 4 is 40.3 Å². The third kappa shape index (κ3) is 3.99. The highest BCUT2D eigenvalue weighted by atomic mass is 32.1. The van der Waals surface area contributed by atoms with Gasteiger partial charge in [-0.05, 0) is 47.0 Å². The minimum absolute atomic E-state index is 0.00961. The number of carbonyl (C=O) groups is 2. The van der Waals surface area contributed by atoms with Crippen LogP contribution in [-0.2, 0) is 11.2 Å². The third-order valence-electron chi connectivity index (χ3n) is 4.60. The first-order valence-electron chi connectivity index (χ1n) is 8.81. The molecule has 0 radical (unpaired) electrons. The number of halogens is 1. The number of urea groups is 1. The van der Waals surface area contributed by atoms with Crippen LogP contribution in [0, 0.1) is 5.82 Å². The molecule has 144 valence electrons. The highest BCUT2D eigenvalue weighted by Gasteiger charge is 2.31. The number of anilines is 1. The number of nitrogens with one attached hydrogen (secondary N) is 2. The van der Waals surface area contributed by atoms with E-state index in [1.54, 1.807) is 28.7 Å². The second kappa shape index (κ2) is 8.22.